The van der Waals surface area contributed by atoms with Crippen molar-refractivity contribution in [3.05, 3.63) is 141 Å². The Kier molecular flexibility index (Phi) is 7.37. The Labute approximate surface area is 330 Å². The second kappa shape index (κ2) is 12.7. The van der Waals surface area contributed by atoms with Gasteiger partial charge < -0.3 is 28.9 Å². The number of nitrogens with zero attached hydrogens (tertiary/aromatic N) is 2. The average Bonchev–Trinajstić information content (AvgIpc) is 4.12. The number of aromatic amines is 2. The first-order valence-electron chi connectivity index (χ1n) is 18.9. The molecular formula is C49H34N4O5. The van der Waals surface area contributed by atoms with Crippen LogP contribution >= 0.6 is 0 Å². The van der Waals surface area contributed by atoms with E-state index in [-0.39, 0.29) is 5.43 Å². The largest absolute Gasteiger partial charge is 0.497 e. The summed E-state index contributed by atoms with van der Waals surface area (Å²) >= 11 is 0. The Bertz CT molecular complexity index is 3550. The van der Waals surface area contributed by atoms with E-state index in [1.54, 1.807) is 28.4 Å². The number of ether oxygens (including phenoxy) is 4. The first kappa shape index (κ1) is 33.7. The molecule has 4 aromatic carbocycles. The van der Waals surface area contributed by atoms with E-state index in [1.165, 1.54) is 0 Å². The van der Waals surface area contributed by atoms with Crippen molar-refractivity contribution < 1.29 is 18.9 Å². The van der Waals surface area contributed by atoms with Gasteiger partial charge in [0.1, 0.15) is 23.0 Å². The topological polar surface area (TPSA) is 111 Å². The molecular weight excluding hydrogens is 725 g/mol. The van der Waals surface area contributed by atoms with Gasteiger partial charge in [0, 0.05) is 65.7 Å². The summed E-state index contributed by atoms with van der Waals surface area (Å²) in [6.45, 7) is 0. The minimum absolute atomic E-state index is 0.111. The van der Waals surface area contributed by atoms with Crippen LogP contribution in [0.1, 0.15) is 11.4 Å². The highest BCUT2D eigenvalue weighted by Gasteiger charge is 2.28. The fourth-order valence-corrected chi connectivity index (χ4v) is 8.90. The summed E-state index contributed by atoms with van der Waals surface area (Å²) in [5, 5.41) is 5.79. The number of nitrogens with one attached hydrogen (secondary N) is 2. The number of benzene rings is 4. The first-order valence-corrected chi connectivity index (χ1v) is 18.9. The van der Waals surface area contributed by atoms with Crippen LogP contribution in [-0.2, 0) is 0 Å². The van der Waals surface area contributed by atoms with Gasteiger partial charge >= 0.3 is 0 Å². The maximum Gasteiger partial charge on any atom is 0.196 e. The van der Waals surface area contributed by atoms with Gasteiger partial charge in [0.2, 0.25) is 0 Å². The van der Waals surface area contributed by atoms with Crippen LogP contribution < -0.4 is 24.4 Å². The lowest BCUT2D eigenvalue weighted by molar-refractivity contribution is 0.415. The maximum atomic E-state index is 14.9. The smallest absolute Gasteiger partial charge is 0.196 e. The number of H-pyrrole nitrogens is 2. The van der Waals surface area contributed by atoms with E-state index in [2.05, 4.69) is 52.4 Å². The number of aromatic nitrogens is 4. The van der Waals surface area contributed by atoms with E-state index in [9.17, 15) is 4.79 Å². The molecule has 0 spiro atoms. The fourth-order valence-electron chi connectivity index (χ4n) is 8.90. The van der Waals surface area contributed by atoms with Crippen LogP contribution in [0.15, 0.2) is 114 Å². The van der Waals surface area contributed by atoms with E-state index in [4.69, 9.17) is 28.9 Å². The van der Waals surface area contributed by atoms with Crippen molar-refractivity contribution in [1.82, 2.24) is 19.9 Å². The van der Waals surface area contributed by atoms with Crippen molar-refractivity contribution in [3.8, 4) is 56.5 Å². The highest BCUT2D eigenvalue weighted by atomic mass is 16.5. The van der Waals surface area contributed by atoms with Gasteiger partial charge in [-0.3, -0.25) is 4.79 Å². The molecule has 2 aliphatic heterocycles. The Morgan fingerprint density at radius 1 is 0.483 bits per heavy atom. The van der Waals surface area contributed by atoms with Gasteiger partial charge in [-0.2, -0.15) is 0 Å². The van der Waals surface area contributed by atoms with Crippen molar-refractivity contribution in [1.29, 1.82) is 0 Å². The fraction of sp³-hybridized carbons (Fsp3) is 0.0816. The normalized spacial score (nSPS) is 12.1. The van der Waals surface area contributed by atoms with Gasteiger partial charge in [0.05, 0.1) is 56.1 Å². The SMILES string of the molecule is COc1cccc(-c2c3nc(c4c5nc6c(c7ccc([nH]7)c(-c7cccc(OC)c7)c7ccc2[nH]7)c2cc(OC)ccc2c(=O)c=6c-5c2c(OC)cccc42)C=C3)c1. The first-order chi connectivity index (χ1) is 28.5. The van der Waals surface area contributed by atoms with Gasteiger partial charge in [-0.15, -0.1) is 0 Å². The third-order valence-electron chi connectivity index (χ3n) is 11.5. The molecule has 9 heteroatoms. The van der Waals surface area contributed by atoms with Crippen LogP contribution in [0.2, 0.25) is 0 Å². The summed E-state index contributed by atoms with van der Waals surface area (Å²) in [5.74, 6) is 2.76. The van der Waals surface area contributed by atoms with Crippen molar-refractivity contribution >= 4 is 66.5 Å². The summed E-state index contributed by atoms with van der Waals surface area (Å²) in [6.07, 6.45) is 4.08. The molecule has 0 unspecified atom stereocenters. The van der Waals surface area contributed by atoms with Gasteiger partial charge in [0.25, 0.3) is 0 Å². The lowest BCUT2D eigenvalue weighted by Crippen LogP contribution is -2.05. The molecule has 9 nitrogen and oxygen atoms in total. The minimum Gasteiger partial charge on any atom is -0.497 e. The summed E-state index contributed by atoms with van der Waals surface area (Å²) in [5.41, 5.74) is 9.93. The third-order valence-corrected chi connectivity index (χ3v) is 11.5. The van der Waals surface area contributed by atoms with E-state index in [1.807, 2.05) is 78.9 Å². The van der Waals surface area contributed by atoms with Crippen LogP contribution in [0, 0.1) is 10.6 Å². The molecule has 11 rings (SSSR count). The lowest BCUT2D eigenvalue weighted by Gasteiger charge is -2.07. The molecule has 0 radical (unpaired) electrons. The molecule has 2 N–H and O–H groups in total. The molecule has 0 fully saturated rings. The van der Waals surface area contributed by atoms with Gasteiger partial charge in [-0.05, 0) is 101 Å². The van der Waals surface area contributed by atoms with Crippen LogP contribution in [-0.4, -0.2) is 48.4 Å². The van der Waals surface area contributed by atoms with Crippen LogP contribution in [0.25, 0.3) is 100 Å². The molecule has 280 valence electrons. The predicted molar refractivity (Wildman–Crippen MR) is 231 cm³/mol. The second-order valence-electron chi connectivity index (χ2n) is 14.4. The lowest BCUT2D eigenvalue weighted by atomic mass is 10.0. The zero-order chi connectivity index (χ0) is 39.2. The molecule has 7 aromatic rings. The van der Waals surface area contributed by atoms with Crippen LogP contribution in [0.3, 0.4) is 0 Å². The number of rotatable bonds is 6. The second-order valence-corrected chi connectivity index (χ2v) is 14.4. The van der Waals surface area contributed by atoms with Crippen molar-refractivity contribution in [3.63, 3.8) is 0 Å². The quantitative estimate of drug-likeness (QED) is 0.174. The van der Waals surface area contributed by atoms with Gasteiger partial charge in [-0.1, -0.05) is 36.4 Å². The van der Waals surface area contributed by atoms with Crippen molar-refractivity contribution in [2.75, 3.05) is 28.4 Å². The van der Waals surface area contributed by atoms with Crippen LogP contribution in [0.4, 0.5) is 0 Å². The standard InChI is InChI=1S/C49H34N4O5/c1-55-27-10-5-8-25(22-27)40-33-16-17-34(50-33)41(26-9-6-11-28(23-26)56-2)36-19-21-38(52-36)43-32-24-29(57-3)14-15-30(32)49(54)46-45-44-31(12-7-13-39(44)58-4)42(47(45)53-48(43)46)37-20-18-35(40)51-37/h5-24,50,52H,1-4H3. The zero-order valence-electron chi connectivity index (χ0n) is 32.0. The van der Waals surface area contributed by atoms with Crippen molar-refractivity contribution in [2.45, 2.75) is 0 Å². The Morgan fingerprint density at radius 3 is 1.81 bits per heavy atom. The Balaban J connectivity index is 1.43. The molecule has 0 atom stereocenters. The molecule has 4 aliphatic rings. The Hall–Kier alpha value is -7.65. The van der Waals surface area contributed by atoms with Gasteiger partial charge in [0.15, 0.2) is 5.43 Å². The van der Waals surface area contributed by atoms with E-state index in [0.29, 0.717) is 33.1 Å². The molecule has 3 aromatic heterocycles. The number of methoxy groups -OCH3 is 4. The minimum atomic E-state index is -0.111. The molecule has 5 heterocycles. The summed E-state index contributed by atoms with van der Waals surface area (Å²) < 4.78 is 23.2. The summed E-state index contributed by atoms with van der Waals surface area (Å²) in [7, 11) is 6.63. The summed E-state index contributed by atoms with van der Waals surface area (Å²) in [4.78, 5) is 33.4. The van der Waals surface area contributed by atoms with Gasteiger partial charge in [-0.25, -0.2) is 9.97 Å². The monoisotopic (exact) mass is 758 g/mol. The predicted octanol–water partition coefficient (Wildman–Crippen LogP) is 10.5. The molecule has 2 aliphatic carbocycles. The Morgan fingerprint density at radius 2 is 1.10 bits per heavy atom. The number of fused-ring (bicyclic) bond motifs is 14. The highest BCUT2D eigenvalue weighted by Crippen LogP contribution is 2.47. The maximum absolute atomic E-state index is 14.9. The number of hydrogen-bond donors (Lipinski definition) is 2. The average molecular weight is 759 g/mol. The van der Waals surface area contributed by atoms with E-state index < -0.39 is 0 Å². The third kappa shape index (κ3) is 4.80. The highest BCUT2D eigenvalue weighted by molar-refractivity contribution is 6.21. The molecule has 0 saturated carbocycles. The van der Waals surface area contributed by atoms with Crippen LogP contribution in [0.5, 0.6) is 23.0 Å². The molecule has 58 heavy (non-hydrogen) atoms. The van der Waals surface area contributed by atoms with Crippen molar-refractivity contribution in [2.24, 2.45) is 0 Å². The molecule has 0 saturated heterocycles. The summed E-state index contributed by atoms with van der Waals surface area (Å²) in [6, 6.07) is 36.0. The molecule has 0 amide bonds. The van der Waals surface area contributed by atoms with E-state index in [0.717, 1.165) is 99.7 Å². The number of hydrogen-bond acceptors (Lipinski definition) is 7. The zero-order valence-corrected chi connectivity index (χ0v) is 32.0. The molecule has 8 bridgehead atoms. The van der Waals surface area contributed by atoms with E-state index >= 15 is 0 Å².